The number of anilines is 2. The van der Waals surface area contributed by atoms with Gasteiger partial charge in [-0.05, 0) is 43.9 Å². The van der Waals surface area contributed by atoms with E-state index in [0.717, 1.165) is 58.8 Å². The maximum Gasteiger partial charge on any atom is 0.227 e. The molecule has 1 aliphatic rings. The molecule has 2 aromatic carbocycles. The van der Waals surface area contributed by atoms with Crippen LogP contribution in [0.2, 0.25) is 0 Å². The summed E-state index contributed by atoms with van der Waals surface area (Å²) in [5, 5.41) is 7.59. The second kappa shape index (κ2) is 10.8. The molecule has 2 N–H and O–H groups in total. The maximum absolute atomic E-state index is 5.94. The summed E-state index contributed by atoms with van der Waals surface area (Å²) in [4.78, 5) is 16.0. The van der Waals surface area contributed by atoms with Crippen LogP contribution in [-0.4, -0.2) is 66.8 Å². The second-order valence-electron chi connectivity index (χ2n) is 8.78. The van der Waals surface area contributed by atoms with E-state index in [0.29, 0.717) is 19.2 Å². The van der Waals surface area contributed by atoms with Gasteiger partial charge in [-0.1, -0.05) is 30.3 Å². The summed E-state index contributed by atoms with van der Waals surface area (Å²) in [6, 6.07) is 18.2. The number of para-hydroxylation sites is 1. The molecular formula is C27H30N6O2. The smallest absolute Gasteiger partial charge is 0.227 e. The first-order valence-electron chi connectivity index (χ1n) is 11.8. The van der Waals surface area contributed by atoms with Gasteiger partial charge in [-0.3, -0.25) is 4.98 Å². The Morgan fingerprint density at radius 2 is 2.00 bits per heavy atom. The minimum Gasteiger partial charge on any atom is -0.492 e. The number of aromatic nitrogens is 3. The van der Waals surface area contributed by atoms with Gasteiger partial charge in [0.05, 0.1) is 29.7 Å². The van der Waals surface area contributed by atoms with Gasteiger partial charge >= 0.3 is 0 Å². The van der Waals surface area contributed by atoms with Crippen LogP contribution in [0.25, 0.3) is 22.0 Å². The molecule has 8 heteroatoms. The number of hydrogen-bond donors (Lipinski definition) is 2. The highest BCUT2D eigenvalue weighted by Gasteiger charge is 2.17. The topological polar surface area (TPSA) is 84.4 Å². The van der Waals surface area contributed by atoms with Gasteiger partial charge in [-0.15, -0.1) is 0 Å². The van der Waals surface area contributed by atoms with Crippen LogP contribution in [0.15, 0.2) is 67.0 Å². The predicted molar refractivity (Wildman–Crippen MR) is 138 cm³/mol. The van der Waals surface area contributed by atoms with Crippen molar-refractivity contribution >= 4 is 22.5 Å². The monoisotopic (exact) mass is 470 g/mol. The summed E-state index contributed by atoms with van der Waals surface area (Å²) < 4.78 is 11.7. The van der Waals surface area contributed by atoms with Gasteiger partial charge in [0.2, 0.25) is 5.95 Å². The van der Waals surface area contributed by atoms with Crippen LogP contribution in [0.5, 0.6) is 5.75 Å². The molecule has 5 rings (SSSR count). The maximum atomic E-state index is 5.94. The van der Waals surface area contributed by atoms with Gasteiger partial charge in [0.15, 0.2) is 0 Å². The lowest BCUT2D eigenvalue weighted by molar-refractivity contribution is 0.0250. The van der Waals surface area contributed by atoms with Crippen LogP contribution in [0, 0.1) is 0 Å². The van der Waals surface area contributed by atoms with Gasteiger partial charge in [-0.25, -0.2) is 9.97 Å². The van der Waals surface area contributed by atoms with Crippen LogP contribution in [-0.2, 0) is 4.74 Å². The van der Waals surface area contributed by atoms with E-state index < -0.39 is 0 Å². The third-order valence-electron chi connectivity index (χ3n) is 5.86. The van der Waals surface area contributed by atoms with E-state index in [1.165, 1.54) is 0 Å². The van der Waals surface area contributed by atoms with Crippen LogP contribution in [0.3, 0.4) is 0 Å². The Bertz CT molecular complexity index is 1270. The lowest BCUT2D eigenvalue weighted by Crippen LogP contribution is -2.33. The highest BCUT2D eigenvalue weighted by atomic mass is 16.5. The first-order chi connectivity index (χ1) is 17.2. The van der Waals surface area contributed by atoms with E-state index in [-0.39, 0.29) is 6.10 Å². The van der Waals surface area contributed by atoms with E-state index in [2.05, 4.69) is 43.7 Å². The summed E-state index contributed by atoms with van der Waals surface area (Å²) in [7, 11) is 4.07. The minimum absolute atomic E-state index is 0.0140. The van der Waals surface area contributed by atoms with Crippen LogP contribution in [0.4, 0.5) is 11.6 Å². The Kier molecular flexibility index (Phi) is 7.13. The molecule has 3 heterocycles. The fraction of sp³-hybridized carbons (Fsp3) is 0.296. The molecule has 1 unspecified atom stereocenters. The number of rotatable bonds is 8. The van der Waals surface area contributed by atoms with Gasteiger partial charge in [0.25, 0.3) is 0 Å². The van der Waals surface area contributed by atoms with Crippen molar-refractivity contribution in [1.82, 2.24) is 25.2 Å². The number of nitrogens with zero attached hydrogens (tertiary/aromatic N) is 4. The summed E-state index contributed by atoms with van der Waals surface area (Å²) >= 11 is 0. The van der Waals surface area contributed by atoms with Crippen molar-refractivity contribution in [1.29, 1.82) is 0 Å². The van der Waals surface area contributed by atoms with E-state index in [9.17, 15) is 0 Å². The molecule has 8 nitrogen and oxygen atoms in total. The molecule has 0 spiro atoms. The van der Waals surface area contributed by atoms with Gasteiger partial charge in [0.1, 0.15) is 18.5 Å². The third-order valence-corrected chi connectivity index (χ3v) is 5.86. The minimum atomic E-state index is -0.0140. The van der Waals surface area contributed by atoms with Gasteiger partial charge < -0.3 is 25.0 Å². The average Bonchev–Trinajstić information content (AvgIpc) is 2.89. The highest BCUT2D eigenvalue weighted by Crippen LogP contribution is 2.30. The van der Waals surface area contributed by atoms with Crippen molar-refractivity contribution in [3.8, 4) is 16.9 Å². The van der Waals surface area contributed by atoms with E-state index in [1.54, 1.807) is 6.20 Å². The second-order valence-corrected chi connectivity index (χ2v) is 8.78. The summed E-state index contributed by atoms with van der Waals surface area (Å²) in [6.07, 6.45) is 3.62. The molecule has 1 aliphatic heterocycles. The Hall–Kier alpha value is -3.59. The Morgan fingerprint density at radius 1 is 1.09 bits per heavy atom. The molecule has 0 aliphatic carbocycles. The number of pyridine rings is 1. The first kappa shape index (κ1) is 23.2. The molecule has 0 amide bonds. The molecule has 180 valence electrons. The van der Waals surface area contributed by atoms with Crippen molar-refractivity contribution in [3.63, 3.8) is 0 Å². The number of ether oxygens (including phenoxy) is 2. The molecule has 2 aromatic heterocycles. The number of nitrogens with one attached hydrogen (secondary N) is 2. The normalized spacial score (nSPS) is 15.9. The molecule has 0 saturated carbocycles. The number of likely N-dealkylation sites (N-methyl/N-ethyl adjacent to an activating group) is 1. The van der Waals surface area contributed by atoms with Gasteiger partial charge in [0, 0.05) is 36.8 Å². The van der Waals surface area contributed by atoms with Crippen molar-refractivity contribution in [3.05, 3.63) is 72.7 Å². The quantitative estimate of drug-likeness (QED) is 0.399. The lowest BCUT2D eigenvalue weighted by atomic mass is 10.0. The SMILES string of the molecule is CN(C)CCOc1cccc(-c2cccc3cnc(Nc4ccc(C5CNCCO5)nc4)nc23)c1. The summed E-state index contributed by atoms with van der Waals surface area (Å²) in [6.45, 7) is 3.85. The largest absolute Gasteiger partial charge is 0.492 e. The molecule has 35 heavy (non-hydrogen) atoms. The van der Waals surface area contributed by atoms with Gasteiger partial charge in [-0.2, -0.15) is 0 Å². The number of fused-ring (bicyclic) bond motifs is 1. The Balaban J connectivity index is 1.37. The predicted octanol–water partition coefficient (Wildman–Crippen LogP) is 4.04. The molecule has 1 saturated heterocycles. The number of hydrogen-bond acceptors (Lipinski definition) is 8. The van der Waals surface area contributed by atoms with Crippen molar-refractivity contribution < 1.29 is 9.47 Å². The number of morpholine rings is 1. The fourth-order valence-electron chi connectivity index (χ4n) is 4.00. The average molecular weight is 471 g/mol. The first-order valence-corrected chi connectivity index (χ1v) is 11.8. The standard InChI is InChI=1S/C27H30N6O2/c1-33(2)12-14-34-22-7-3-5-19(15-22)23-8-4-6-20-16-30-27(32-26(20)23)31-21-9-10-24(29-17-21)25-18-28-11-13-35-25/h3-10,15-17,25,28H,11-14,18H2,1-2H3,(H,30,31,32). The third kappa shape index (κ3) is 5.74. The van der Waals surface area contributed by atoms with Crippen molar-refractivity contribution in [2.75, 3.05) is 52.3 Å². The molecule has 0 radical (unpaired) electrons. The molecular weight excluding hydrogens is 440 g/mol. The number of benzene rings is 2. The fourth-order valence-corrected chi connectivity index (χ4v) is 4.00. The molecule has 0 bridgehead atoms. The lowest BCUT2D eigenvalue weighted by Gasteiger charge is -2.23. The molecule has 4 aromatic rings. The zero-order valence-corrected chi connectivity index (χ0v) is 20.1. The van der Waals surface area contributed by atoms with E-state index >= 15 is 0 Å². The molecule has 1 fully saturated rings. The molecule has 1 atom stereocenters. The summed E-state index contributed by atoms with van der Waals surface area (Å²) in [5.41, 5.74) is 4.70. The van der Waals surface area contributed by atoms with Crippen LogP contribution >= 0.6 is 0 Å². The summed E-state index contributed by atoms with van der Waals surface area (Å²) in [5.74, 6) is 1.37. The zero-order valence-electron chi connectivity index (χ0n) is 20.1. The zero-order chi connectivity index (χ0) is 24.0. The Morgan fingerprint density at radius 3 is 2.80 bits per heavy atom. The van der Waals surface area contributed by atoms with E-state index in [4.69, 9.17) is 14.5 Å². The highest BCUT2D eigenvalue weighted by molar-refractivity contribution is 5.94. The van der Waals surface area contributed by atoms with Crippen molar-refractivity contribution in [2.24, 2.45) is 0 Å². The Labute approximate surface area is 205 Å². The van der Waals surface area contributed by atoms with Crippen LogP contribution in [0.1, 0.15) is 11.8 Å². The van der Waals surface area contributed by atoms with Crippen molar-refractivity contribution in [2.45, 2.75) is 6.10 Å². The van der Waals surface area contributed by atoms with Crippen LogP contribution < -0.4 is 15.4 Å². The van der Waals surface area contributed by atoms with E-state index in [1.807, 2.05) is 56.7 Å².